The number of para-hydroxylation sites is 1. The van der Waals surface area contributed by atoms with Gasteiger partial charge in [0.1, 0.15) is 5.75 Å². The predicted molar refractivity (Wildman–Crippen MR) is 103 cm³/mol. The normalized spacial score (nSPS) is 11.8. The Morgan fingerprint density at radius 3 is 2.50 bits per heavy atom. The van der Waals surface area contributed by atoms with E-state index in [1.54, 1.807) is 6.92 Å². The fourth-order valence-corrected chi connectivity index (χ4v) is 2.82. The Kier molecular flexibility index (Phi) is 5.07. The van der Waals surface area contributed by atoms with Gasteiger partial charge < -0.3 is 10.1 Å². The molecule has 1 aromatic heterocycles. The second-order valence-electron chi connectivity index (χ2n) is 6.36. The summed E-state index contributed by atoms with van der Waals surface area (Å²) in [5.74, 6) is 0.478. The standard InChI is InChI=1S/C21H23N3O2/c1-14-9-8-12-19(13-14)26-17(4)21(25)22-20-15(2)23-24(16(20)3)18-10-6-5-7-11-18/h5-13,17H,1-4H3,(H,22,25). The number of aryl methyl sites for hydroxylation is 2. The van der Waals surface area contributed by atoms with Gasteiger partial charge in [0.25, 0.3) is 5.91 Å². The maximum Gasteiger partial charge on any atom is 0.265 e. The molecule has 2 aromatic carbocycles. The second kappa shape index (κ2) is 7.44. The van der Waals surface area contributed by atoms with E-state index in [9.17, 15) is 4.79 Å². The summed E-state index contributed by atoms with van der Waals surface area (Å²) in [7, 11) is 0. The number of nitrogens with zero attached hydrogens (tertiary/aromatic N) is 2. The van der Waals surface area contributed by atoms with E-state index >= 15 is 0 Å². The maximum atomic E-state index is 12.6. The van der Waals surface area contributed by atoms with E-state index in [0.29, 0.717) is 5.75 Å². The molecule has 3 rings (SSSR count). The Labute approximate surface area is 153 Å². The molecule has 0 saturated carbocycles. The number of hydrogen-bond donors (Lipinski definition) is 1. The molecule has 0 bridgehead atoms. The molecule has 5 heteroatoms. The van der Waals surface area contributed by atoms with E-state index in [1.807, 2.05) is 80.1 Å². The van der Waals surface area contributed by atoms with E-state index < -0.39 is 6.10 Å². The number of ether oxygens (including phenoxy) is 1. The van der Waals surface area contributed by atoms with E-state index in [4.69, 9.17) is 4.74 Å². The highest BCUT2D eigenvalue weighted by molar-refractivity contribution is 5.95. The molecule has 0 saturated heterocycles. The molecule has 5 nitrogen and oxygen atoms in total. The van der Waals surface area contributed by atoms with Crippen LogP contribution in [0, 0.1) is 20.8 Å². The van der Waals surface area contributed by atoms with Crippen LogP contribution >= 0.6 is 0 Å². The quantitative estimate of drug-likeness (QED) is 0.751. The van der Waals surface area contributed by atoms with E-state index in [0.717, 1.165) is 28.3 Å². The number of nitrogens with one attached hydrogen (secondary N) is 1. The van der Waals surface area contributed by atoms with Crippen molar-refractivity contribution in [3.8, 4) is 11.4 Å². The molecule has 0 aliphatic carbocycles. The van der Waals surface area contributed by atoms with Crippen LogP contribution in [0.15, 0.2) is 54.6 Å². The van der Waals surface area contributed by atoms with Gasteiger partial charge in [0.05, 0.1) is 22.8 Å². The van der Waals surface area contributed by atoms with Gasteiger partial charge in [-0.2, -0.15) is 5.10 Å². The molecular weight excluding hydrogens is 326 g/mol. The highest BCUT2D eigenvalue weighted by Gasteiger charge is 2.20. The third-order valence-electron chi connectivity index (χ3n) is 4.21. The molecule has 1 amide bonds. The molecule has 1 heterocycles. The van der Waals surface area contributed by atoms with E-state index in [-0.39, 0.29) is 5.91 Å². The minimum Gasteiger partial charge on any atom is -0.481 e. The molecule has 0 fully saturated rings. The molecule has 0 aliphatic rings. The summed E-state index contributed by atoms with van der Waals surface area (Å²) in [6.45, 7) is 7.55. The minimum absolute atomic E-state index is 0.203. The fourth-order valence-electron chi connectivity index (χ4n) is 2.82. The van der Waals surface area contributed by atoms with Crippen molar-refractivity contribution in [2.24, 2.45) is 0 Å². The van der Waals surface area contributed by atoms with Gasteiger partial charge in [0, 0.05) is 0 Å². The van der Waals surface area contributed by atoms with Crippen LogP contribution in [0.2, 0.25) is 0 Å². The smallest absolute Gasteiger partial charge is 0.265 e. The number of anilines is 1. The van der Waals surface area contributed by atoms with Crippen molar-refractivity contribution in [2.45, 2.75) is 33.8 Å². The SMILES string of the molecule is Cc1cccc(OC(C)C(=O)Nc2c(C)nn(-c3ccccc3)c2C)c1. The van der Waals surface area contributed by atoms with Crippen LogP contribution in [0.1, 0.15) is 23.9 Å². The van der Waals surface area contributed by atoms with Crippen molar-refractivity contribution in [3.05, 3.63) is 71.5 Å². The number of carbonyl (C=O) groups excluding carboxylic acids is 1. The largest absolute Gasteiger partial charge is 0.481 e. The minimum atomic E-state index is -0.615. The first kappa shape index (κ1) is 17.7. The Balaban J connectivity index is 1.76. The molecule has 3 aromatic rings. The molecule has 1 N–H and O–H groups in total. The van der Waals surface area contributed by atoms with Gasteiger partial charge in [-0.15, -0.1) is 0 Å². The molecule has 0 radical (unpaired) electrons. The zero-order valence-electron chi connectivity index (χ0n) is 15.5. The lowest BCUT2D eigenvalue weighted by molar-refractivity contribution is -0.122. The van der Waals surface area contributed by atoms with Crippen molar-refractivity contribution in [1.82, 2.24) is 9.78 Å². The van der Waals surface area contributed by atoms with Crippen LogP contribution in [-0.4, -0.2) is 21.8 Å². The van der Waals surface area contributed by atoms with E-state index in [1.165, 1.54) is 0 Å². The van der Waals surface area contributed by atoms with Crippen LogP contribution in [0.25, 0.3) is 5.69 Å². The lowest BCUT2D eigenvalue weighted by Gasteiger charge is -2.15. The molecular formula is C21H23N3O2. The van der Waals surface area contributed by atoms with Crippen LogP contribution in [0.4, 0.5) is 5.69 Å². The maximum absolute atomic E-state index is 12.6. The summed E-state index contributed by atoms with van der Waals surface area (Å²) in [6, 6.07) is 17.5. The molecule has 1 atom stereocenters. The summed E-state index contributed by atoms with van der Waals surface area (Å²) in [4.78, 5) is 12.6. The summed E-state index contributed by atoms with van der Waals surface area (Å²) in [5, 5.41) is 7.51. The number of hydrogen-bond acceptors (Lipinski definition) is 3. The van der Waals surface area contributed by atoms with Gasteiger partial charge in [0.15, 0.2) is 6.10 Å². The first-order valence-electron chi connectivity index (χ1n) is 8.61. The molecule has 134 valence electrons. The first-order valence-corrected chi connectivity index (χ1v) is 8.61. The van der Waals surface area contributed by atoms with Crippen molar-refractivity contribution in [3.63, 3.8) is 0 Å². The zero-order chi connectivity index (χ0) is 18.7. The lowest BCUT2D eigenvalue weighted by Crippen LogP contribution is -2.30. The highest BCUT2D eigenvalue weighted by Crippen LogP contribution is 2.23. The second-order valence-corrected chi connectivity index (χ2v) is 6.36. The predicted octanol–water partition coefficient (Wildman–Crippen LogP) is 4.20. The van der Waals surface area contributed by atoms with Crippen LogP contribution in [-0.2, 0) is 4.79 Å². The molecule has 26 heavy (non-hydrogen) atoms. The zero-order valence-corrected chi connectivity index (χ0v) is 15.5. The molecule has 0 spiro atoms. The first-order chi connectivity index (χ1) is 12.5. The average Bonchev–Trinajstić information content (AvgIpc) is 2.90. The van der Waals surface area contributed by atoms with Gasteiger partial charge in [-0.25, -0.2) is 4.68 Å². The number of aromatic nitrogens is 2. The molecule has 0 aliphatic heterocycles. The van der Waals surface area contributed by atoms with Gasteiger partial charge in [-0.05, 0) is 57.5 Å². The van der Waals surface area contributed by atoms with Crippen molar-refractivity contribution in [2.75, 3.05) is 5.32 Å². The number of carbonyl (C=O) groups is 1. The topological polar surface area (TPSA) is 56.1 Å². The molecule has 1 unspecified atom stereocenters. The van der Waals surface area contributed by atoms with Gasteiger partial charge >= 0.3 is 0 Å². The highest BCUT2D eigenvalue weighted by atomic mass is 16.5. The van der Waals surface area contributed by atoms with E-state index in [2.05, 4.69) is 10.4 Å². The van der Waals surface area contributed by atoms with Crippen LogP contribution in [0.5, 0.6) is 5.75 Å². The number of benzene rings is 2. The van der Waals surface area contributed by atoms with Crippen molar-refractivity contribution in [1.29, 1.82) is 0 Å². The van der Waals surface area contributed by atoms with Crippen molar-refractivity contribution >= 4 is 11.6 Å². The number of rotatable bonds is 5. The van der Waals surface area contributed by atoms with Gasteiger partial charge in [-0.1, -0.05) is 30.3 Å². The monoisotopic (exact) mass is 349 g/mol. The Morgan fingerprint density at radius 1 is 1.08 bits per heavy atom. The summed E-state index contributed by atoms with van der Waals surface area (Å²) < 4.78 is 7.59. The van der Waals surface area contributed by atoms with Crippen molar-refractivity contribution < 1.29 is 9.53 Å². The summed E-state index contributed by atoms with van der Waals surface area (Å²) in [6.07, 6.45) is -0.615. The Morgan fingerprint density at radius 2 is 1.81 bits per heavy atom. The summed E-state index contributed by atoms with van der Waals surface area (Å²) >= 11 is 0. The summed E-state index contributed by atoms with van der Waals surface area (Å²) in [5.41, 5.74) is 4.41. The average molecular weight is 349 g/mol. The number of amides is 1. The fraction of sp³-hybridized carbons (Fsp3) is 0.238. The Bertz CT molecular complexity index is 916. The van der Waals surface area contributed by atoms with Gasteiger partial charge in [0.2, 0.25) is 0 Å². The third-order valence-corrected chi connectivity index (χ3v) is 4.21. The van der Waals surface area contributed by atoms with Gasteiger partial charge in [-0.3, -0.25) is 4.79 Å². The third kappa shape index (κ3) is 3.77. The van der Waals surface area contributed by atoms with Crippen LogP contribution in [0.3, 0.4) is 0 Å². The van der Waals surface area contributed by atoms with Crippen LogP contribution < -0.4 is 10.1 Å². The lowest BCUT2D eigenvalue weighted by atomic mass is 10.2. The Hall–Kier alpha value is -3.08.